The van der Waals surface area contributed by atoms with Crippen LogP contribution in [0.25, 0.3) is 0 Å². The summed E-state index contributed by atoms with van der Waals surface area (Å²) in [4.78, 5) is 0. The van der Waals surface area contributed by atoms with Gasteiger partial charge in [0.2, 0.25) is 0 Å². The van der Waals surface area contributed by atoms with Gasteiger partial charge in [0, 0.05) is 17.6 Å². The number of hydrogen-bond donors (Lipinski definition) is 1. The van der Waals surface area contributed by atoms with Crippen molar-refractivity contribution in [3.05, 3.63) is 70.5 Å². The fourth-order valence-corrected chi connectivity index (χ4v) is 2.09. The average molecular weight is 264 g/mol. The topological polar surface area (TPSA) is 12.0 Å². The Hall–Kier alpha value is -1.38. The first kappa shape index (κ1) is 13.1. The number of halogens is 2. The van der Waals surface area contributed by atoms with E-state index in [9.17, 15) is 4.39 Å². The highest BCUT2D eigenvalue weighted by atomic mass is 35.5. The van der Waals surface area contributed by atoms with Gasteiger partial charge in [-0.2, -0.15) is 0 Å². The van der Waals surface area contributed by atoms with Crippen molar-refractivity contribution < 1.29 is 4.39 Å². The highest BCUT2D eigenvalue weighted by molar-refractivity contribution is 6.30. The molecule has 0 radical (unpaired) electrons. The van der Waals surface area contributed by atoms with Crippen molar-refractivity contribution in [3.8, 4) is 0 Å². The summed E-state index contributed by atoms with van der Waals surface area (Å²) in [5.41, 5.74) is 2.06. The third-order valence-electron chi connectivity index (χ3n) is 2.83. The Morgan fingerprint density at radius 2 is 1.89 bits per heavy atom. The van der Waals surface area contributed by atoms with Gasteiger partial charge in [-0.25, -0.2) is 4.39 Å². The molecule has 1 N–H and O–H groups in total. The molecule has 0 fully saturated rings. The van der Waals surface area contributed by atoms with E-state index in [4.69, 9.17) is 11.6 Å². The van der Waals surface area contributed by atoms with Crippen LogP contribution in [0.3, 0.4) is 0 Å². The molecule has 1 atom stereocenters. The van der Waals surface area contributed by atoms with Gasteiger partial charge in [-0.3, -0.25) is 0 Å². The number of hydrogen-bond acceptors (Lipinski definition) is 1. The molecule has 2 aromatic rings. The van der Waals surface area contributed by atoms with Crippen LogP contribution < -0.4 is 5.32 Å². The molecular weight excluding hydrogens is 249 g/mol. The van der Waals surface area contributed by atoms with Crippen molar-refractivity contribution in [2.45, 2.75) is 19.5 Å². The Bertz CT molecular complexity index is 493. The normalized spacial score (nSPS) is 12.4. The van der Waals surface area contributed by atoms with Gasteiger partial charge in [0.1, 0.15) is 5.82 Å². The van der Waals surface area contributed by atoms with E-state index in [2.05, 4.69) is 24.4 Å². The summed E-state index contributed by atoms with van der Waals surface area (Å²) in [5, 5.41) is 3.77. The summed E-state index contributed by atoms with van der Waals surface area (Å²) in [5.74, 6) is -0.299. The molecule has 0 saturated carbocycles. The zero-order chi connectivity index (χ0) is 13.0. The van der Waals surface area contributed by atoms with Crippen molar-refractivity contribution in [1.82, 2.24) is 5.32 Å². The Labute approximate surface area is 112 Å². The molecule has 0 aliphatic carbocycles. The third-order valence-corrected chi connectivity index (χ3v) is 3.05. The second kappa shape index (κ2) is 5.98. The maximum Gasteiger partial charge on any atom is 0.125 e. The first-order valence-corrected chi connectivity index (χ1v) is 6.26. The zero-order valence-corrected chi connectivity index (χ0v) is 10.9. The number of nitrogens with one attached hydrogen (secondary N) is 1. The number of rotatable bonds is 4. The second-order valence-corrected chi connectivity index (χ2v) is 4.73. The summed E-state index contributed by atoms with van der Waals surface area (Å²) in [6.07, 6.45) is 0. The summed E-state index contributed by atoms with van der Waals surface area (Å²) in [7, 11) is 0. The fourth-order valence-electron chi connectivity index (χ4n) is 1.84. The van der Waals surface area contributed by atoms with Crippen LogP contribution in [-0.2, 0) is 6.54 Å². The minimum Gasteiger partial charge on any atom is -0.306 e. The lowest BCUT2D eigenvalue weighted by atomic mass is 10.1. The average Bonchev–Trinajstić information content (AvgIpc) is 2.36. The molecule has 0 heterocycles. The van der Waals surface area contributed by atoms with Gasteiger partial charge in [-0.15, -0.1) is 0 Å². The smallest absolute Gasteiger partial charge is 0.125 e. The van der Waals surface area contributed by atoms with E-state index in [1.165, 1.54) is 17.7 Å². The van der Waals surface area contributed by atoms with Gasteiger partial charge in [-0.05, 0) is 36.2 Å². The molecule has 0 amide bonds. The standard InChI is InChI=1S/C15H15ClFN/c1-11(13-5-3-2-4-6-13)18-10-12-7-14(16)9-15(17)8-12/h2-9,11,18H,10H2,1H3/t11-/m0/s1. The SMILES string of the molecule is C[C@H](NCc1cc(F)cc(Cl)c1)c1ccccc1. The van der Waals surface area contributed by atoms with Crippen molar-refractivity contribution in [2.24, 2.45) is 0 Å². The van der Waals surface area contributed by atoms with Crippen LogP contribution in [0, 0.1) is 5.82 Å². The lowest BCUT2D eigenvalue weighted by molar-refractivity contribution is 0.569. The maximum atomic E-state index is 13.2. The van der Waals surface area contributed by atoms with Crippen molar-refractivity contribution >= 4 is 11.6 Å². The fraction of sp³-hybridized carbons (Fsp3) is 0.200. The van der Waals surface area contributed by atoms with Crippen LogP contribution in [0.4, 0.5) is 4.39 Å². The molecule has 0 aromatic heterocycles. The largest absolute Gasteiger partial charge is 0.306 e. The first-order chi connectivity index (χ1) is 8.65. The van der Waals surface area contributed by atoms with Crippen molar-refractivity contribution in [1.29, 1.82) is 0 Å². The molecule has 2 rings (SSSR count). The van der Waals surface area contributed by atoms with Crippen LogP contribution in [-0.4, -0.2) is 0 Å². The minimum atomic E-state index is -0.299. The summed E-state index contributed by atoms with van der Waals surface area (Å²) >= 11 is 5.81. The molecule has 0 aliphatic rings. The monoisotopic (exact) mass is 263 g/mol. The molecular formula is C15H15ClFN. The van der Waals surface area contributed by atoms with Gasteiger partial charge in [0.25, 0.3) is 0 Å². The van der Waals surface area contributed by atoms with Gasteiger partial charge in [0.15, 0.2) is 0 Å². The third kappa shape index (κ3) is 3.56. The summed E-state index contributed by atoms with van der Waals surface area (Å²) in [6.45, 7) is 2.67. The van der Waals surface area contributed by atoms with Gasteiger partial charge < -0.3 is 5.32 Å². The summed E-state index contributed by atoms with van der Waals surface area (Å²) < 4.78 is 13.2. The molecule has 0 bridgehead atoms. The van der Waals surface area contributed by atoms with E-state index < -0.39 is 0 Å². The molecule has 1 nitrogen and oxygen atoms in total. The van der Waals surface area contributed by atoms with Crippen molar-refractivity contribution in [2.75, 3.05) is 0 Å². The lowest BCUT2D eigenvalue weighted by Gasteiger charge is -2.14. The van der Waals surface area contributed by atoms with Crippen LogP contribution in [0.1, 0.15) is 24.1 Å². The van der Waals surface area contributed by atoms with Crippen LogP contribution in [0.2, 0.25) is 5.02 Å². The van der Waals surface area contributed by atoms with E-state index in [0.29, 0.717) is 11.6 Å². The highest BCUT2D eigenvalue weighted by Crippen LogP contribution is 2.16. The van der Waals surface area contributed by atoms with E-state index in [0.717, 1.165) is 5.56 Å². The highest BCUT2D eigenvalue weighted by Gasteiger charge is 2.05. The van der Waals surface area contributed by atoms with E-state index in [1.807, 2.05) is 18.2 Å². The predicted octanol–water partition coefficient (Wildman–Crippen LogP) is 4.33. The molecule has 0 unspecified atom stereocenters. The Balaban J connectivity index is 1.99. The van der Waals surface area contributed by atoms with E-state index >= 15 is 0 Å². The molecule has 3 heteroatoms. The Morgan fingerprint density at radius 1 is 1.17 bits per heavy atom. The summed E-state index contributed by atoms with van der Waals surface area (Å²) in [6, 6.07) is 14.9. The minimum absolute atomic E-state index is 0.216. The van der Waals surface area contributed by atoms with E-state index in [1.54, 1.807) is 6.07 Å². The van der Waals surface area contributed by atoms with Crippen LogP contribution in [0.15, 0.2) is 48.5 Å². The first-order valence-electron chi connectivity index (χ1n) is 5.88. The van der Waals surface area contributed by atoms with E-state index in [-0.39, 0.29) is 11.9 Å². The predicted molar refractivity (Wildman–Crippen MR) is 73.1 cm³/mol. The second-order valence-electron chi connectivity index (χ2n) is 4.29. The van der Waals surface area contributed by atoms with Gasteiger partial charge in [-0.1, -0.05) is 41.9 Å². The molecule has 0 saturated heterocycles. The Kier molecular flexibility index (Phi) is 4.34. The molecule has 0 spiro atoms. The van der Waals surface area contributed by atoms with Crippen LogP contribution >= 0.6 is 11.6 Å². The molecule has 0 aliphatic heterocycles. The Morgan fingerprint density at radius 3 is 2.56 bits per heavy atom. The maximum absolute atomic E-state index is 13.2. The molecule has 18 heavy (non-hydrogen) atoms. The molecule has 2 aromatic carbocycles. The number of benzene rings is 2. The quantitative estimate of drug-likeness (QED) is 0.866. The molecule has 94 valence electrons. The van der Waals surface area contributed by atoms with Gasteiger partial charge in [0.05, 0.1) is 0 Å². The lowest BCUT2D eigenvalue weighted by Crippen LogP contribution is -2.18. The zero-order valence-electron chi connectivity index (χ0n) is 10.2. The van der Waals surface area contributed by atoms with Gasteiger partial charge >= 0.3 is 0 Å². The van der Waals surface area contributed by atoms with Crippen LogP contribution in [0.5, 0.6) is 0 Å². The van der Waals surface area contributed by atoms with Crippen molar-refractivity contribution in [3.63, 3.8) is 0 Å².